The van der Waals surface area contributed by atoms with Crippen LogP contribution >= 0.6 is 0 Å². The van der Waals surface area contributed by atoms with E-state index < -0.39 is 10.0 Å². The molecule has 2 aliphatic heterocycles. The van der Waals surface area contributed by atoms with Gasteiger partial charge >= 0.3 is 0 Å². The highest BCUT2D eigenvalue weighted by Crippen LogP contribution is 2.18. The number of rotatable bonds is 7. The van der Waals surface area contributed by atoms with Crippen molar-refractivity contribution in [2.75, 3.05) is 57.9 Å². The molecule has 2 fully saturated rings. The molecule has 1 amide bonds. The second-order valence-corrected chi connectivity index (χ2v) is 9.93. The summed E-state index contributed by atoms with van der Waals surface area (Å²) < 4.78 is 37.4. The number of hydrogen-bond donors (Lipinski definition) is 1. The van der Waals surface area contributed by atoms with Gasteiger partial charge in [-0.05, 0) is 41.5 Å². The highest BCUT2D eigenvalue weighted by molar-refractivity contribution is 7.89. The van der Waals surface area contributed by atoms with Gasteiger partial charge in [-0.1, -0.05) is 24.3 Å². The van der Waals surface area contributed by atoms with E-state index in [-0.39, 0.29) is 10.8 Å². The van der Waals surface area contributed by atoms with Crippen LogP contribution in [0.3, 0.4) is 0 Å². The van der Waals surface area contributed by atoms with Gasteiger partial charge in [-0.15, -0.1) is 0 Å². The number of carbonyl (C=O) groups excluding carboxylic acids is 1. The van der Waals surface area contributed by atoms with Crippen LogP contribution in [-0.2, 0) is 30.8 Å². The van der Waals surface area contributed by atoms with Crippen LogP contribution in [0.4, 0.5) is 5.69 Å². The summed E-state index contributed by atoms with van der Waals surface area (Å²) in [5, 5.41) is 2.89. The van der Waals surface area contributed by atoms with E-state index in [1.54, 1.807) is 30.3 Å². The Balaban J connectivity index is 1.33. The molecule has 0 spiro atoms. The molecule has 2 aromatic carbocycles. The molecule has 0 saturated carbocycles. The molecular formula is C24H29N3O5S. The Kier molecular flexibility index (Phi) is 7.89. The molecule has 176 valence electrons. The molecule has 1 N–H and O–H groups in total. The highest BCUT2D eigenvalue weighted by atomic mass is 32.2. The van der Waals surface area contributed by atoms with Crippen LogP contribution in [0, 0.1) is 0 Å². The maximum atomic E-state index is 12.7. The van der Waals surface area contributed by atoms with Gasteiger partial charge in [0.1, 0.15) is 0 Å². The normalized spacial score (nSPS) is 18.4. The van der Waals surface area contributed by atoms with Gasteiger partial charge in [-0.25, -0.2) is 8.42 Å². The molecule has 8 nitrogen and oxygen atoms in total. The third kappa shape index (κ3) is 6.49. The zero-order valence-corrected chi connectivity index (χ0v) is 19.3. The van der Waals surface area contributed by atoms with Gasteiger partial charge in [-0.3, -0.25) is 9.69 Å². The SMILES string of the molecule is O=C(/C=C/c1ccc(S(=O)(=O)N2CCOCC2)cc1)Nc1cccc(CN2CCOCC2)c1. The van der Waals surface area contributed by atoms with Gasteiger partial charge in [0.2, 0.25) is 15.9 Å². The smallest absolute Gasteiger partial charge is 0.248 e. The number of nitrogens with one attached hydrogen (secondary N) is 1. The van der Waals surface area contributed by atoms with Gasteiger partial charge in [0.05, 0.1) is 31.3 Å². The summed E-state index contributed by atoms with van der Waals surface area (Å²) in [5.74, 6) is -0.247. The van der Waals surface area contributed by atoms with Crippen molar-refractivity contribution in [2.45, 2.75) is 11.4 Å². The molecule has 2 saturated heterocycles. The van der Waals surface area contributed by atoms with Crippen molar-refractivity contribution in [1.82, 2.24) is 9.21 Å². The first-order valence-electron chi connectivity index (χ1n) is 11.1. The van der Waals surface area contributed by atoms with Crippen molar-refractivity contribution in [3.63, 3.8) is 0 Å². The zero-order valence-electron chi connectivity index (χ0n) is 18.5. The van der Waals surface area contributed by atoms with E-state index >= 15 is 0 Å². The molecule has 0 atom stereocenters. The second kappa shape index (κ2) is 11.0. The molecule has 0 unspecified atom stereocenters. The number of ether oxygens (including phenoxy) is 2. The Morgan fingerprint density at radius 1 is 0.939 bits per heavy atom. The monoisotopic (exact) mass is 471 g/mol. The zero-order chi connectivity index (χ0) is 23.1. The van der Waals surface area contributed by atoms with Crippen LogP contribution in [0.1, 0.15) is 11.1 Å². The fourth-order valence-electron chi connectivity index (χ4n) is 3.81. The largest absolute Gasteiger partial charge is 0.379 e. The molecular weight excluding hydrogens is 442 g/mol. The number of anilines is 1. The fraction of sp³-hybridized carbons (Fsp3) is 0.375. The highest BCUT2D eigenvalue weighted by Gasteiger charge is 2.25. The predicted octanol–water partition coefficient (Wildman–Crippen LogP) is 2.19. The lowest BCUT2D eigenvalue weighted by atomic mass is 10.1. The molecule has 0 aromatic heterocycles. The van der Waals surface area contributed by atoms with Crippen LogP contribution in [0.5, 0.6) is 0 Å². The Hall–Kier alpha value is -2.56. The maximum absolute atomic E-state index is 12.7. The van der Waals surface area contributed by atoms with Crippen molar-refractivity contribution in [1.29, 1.82) is 0 Å². The third-order valence-electron chi connectivity index (χ3n) is 5.62. The minimum atomic E-state index is -3.53. The van der Waals surface area contributed by atoms with Crippen molar-refractivity contribution in [2.24, 2.45) is 0 Å². The van der Waals surface area contributed by atoms with Gasteiger partial charge in [0, 0.05) is 44.5 Å². The van der Waals surface area contributed by atoms with Gasteiger partial charge in [0.25, 0.3) is 0 Å². The molecule has 0 radical (unpaired) electrons. The summed E-state index contributed by atoms with van der Waals surface area (Å²) in [7, 11) is -3.53. The summed E-state index contributed by atoms with van der Waals surface area (Å²) in [6.07, 6.45) is 3.11. The third-order valence-corrected chi connectivity index (χ3v) is 7.53. The number of nitrogens with zero attached hydrogens (tertiary/aromatic N) is 2. The average molecular weight is 472 g/mol. The lowest BCUT2D eigenvalue weighted by Crippen LogP contribution is -2.40. The number of sulfonamides is 1. The van der Waals surface area contributed by atoms with Crippen LogP contribution in [0.25, 0.3) is 6.08 Å². The van der Waals surface area contributed by atoms with Crippen molar-refractivity contribution < 1.29 is 22.7 Å². The molecule has 9 heteroatoms. The summed E-state index contributed by atoms with van der Waals surface area (Å²) in [5.41, 5.74) is 2.62. The number of carbonyl (C=O) groups is 1. The lowest BCUT2D eigenvalue weighted by Gasteiger charge is -2.26. The summed E-state index contributed by atoms with van der Waals surface area (Å²) in [4.78, 5) is 14.9. The van der Waals surface area contributed by atoms with Gasteiger partial charge in [-0.2, -0.15) is 4.31 Å². The van der Waals surface area contributed by atoms with Crippen molar-refractivity contribution in [3.05, 3.63) is 65.7 Å². The van der Waals surface area contributed by atoms with Crippen molar-refractivity contribution >= 4 is 27.7 Å². The van der Waals surface area contributed by atoms with E-state index in [1.807, 2.05) is 24.3 Å². The Labute approximate surface area is 194 Å². The maximum Gasteiger partial charge on any atom is 0.248 e. The fourth-order valence-corrected chi connectivity index (χ4v) is 5.22. The van der Waals surface area contributed by atoms with E-state index in [0.29, 0.717) is 26.3 Å². The van der Waals surface area contributed by atoms with Crippen molar-refractivity contribution in [3.8, 4) is 0 Å². The number of amides is 1. The Morgan fingerprint density at radius 2 is 1.61 bits per heavy atom. The van der Waals surface area contributed by atoms with E-state index in [1.165, 1.54) is 10.4 Å². The minimum Gasteiger partial charge on any atom is -0.379 e. The molecule has 33 heavy (non-hydrogen) atoms. The van der Waals surface area contributed by atoms with Crippen LogP contribution in [-0.4, -0.2) is 76.1 Å². The summed E-state index contributed by atoms with van der Waals surface area (Å²) in [6.45, 7) is 5.68. The number of morpholine rings is 2. The van der Waals surface area contributed by atoms with Crippen LogP contribution in [0.2, 0.25) is 0 Å². The topological polar surface area (TPSA) is 88.2 Å². The van der Waals surface area contributed by atoms with Gasteiger partial charge in [0.15, 0.2) is 0 Å². The predicted molar refractivity (Wildman–Crippen MR) is 126 cm³/mol. The first kappa shape index (κ1) is 23.6. The molecule has 0 bridgehead atoms. The Bertz CT molecular complexity index is 1070. The minimum absolute atomic E-state index is 0.239. The number of hydrogen-bond acceptors (Lipinski definition) is 6. The molecule has 0 aliphatic carbocycles. The lowest BCUT2D eigenvalue weighted by molar-refractivity contribution is -0.111. The molecule has 4 rings (SSSR count). The first-order chi connectivity index (χ1) is 16.0. The van der Waals surface area contributed by atoms with E-state index in [0.717, 1.165) is 49.7 Å². The second-order valence-electron chi connectivity index (χ2n) is 8.00. The first-order valence-corrected chi connectivity index (χ1v) is 12.5. The van der Waals surface area contributed by atoms with Gasteiger partial charge < -0.3 is 14.8 Å². The van der Waals surface area contributed by atoms with E-state index in [4.69, 9.17) is 9.47 Å². The summed E-state index contributed by atoms with van der Waals surface area (Å²) in [6, 6.07) is 14.3. The average Bonchev–Trinajstić information content (AvgIpc) is 2.84. The Morgan fingerprint density at radius 3 is 2.30 bits per heavy atom. The van der Waals surface area contributed by atoms with E-state index in [2.05, 4.69) is 10.2 Å². The van der Waals surface area contributed by atoms with Crippen LogP contribution in [0.15, 0.2) is 59.5 Å². The van der Waals surface area contributed by atoms with Crippen LogP contribution < -0.4 is 5.32 Å². The molecule has 2 aromatic rings. The quantitative estimate of drug-likeness (QED) is 0.623. The number of benzene rings is 2. The van der Waals surface area contributed by atoms with E-state index in [9.17, 15) is 13.2 Å². The molecule has 2 heterocycles. The molecule has 2 aliphatic rings. The standard InChI is InChI=1S/C24H29N3O5S/c28-24(25-22-3-1-2-21(18-22)19-26-10-14-31-15-11-26)9-6-20-4-7-23(8-5-20)33(29,30)27-12-16-32-17-13-27/h1-9,18H,10-17,19H2,(H,25,28)/b9-6+. The summed E-state index contributed by atoms with van der Waals surface area (Å²) >= 11 is 0.